The van der Waals surface area contributed by atoms with Gasteiger partial charge in [0.25, 0.3) is 0 Å². The third-order valence-electron chi connectivity index (χ3n) is 4.24. The summed E-state index contributed by atoms with van der Waals surface area (Å²) in [7, 11) is 0. The zero-order valence-electron chi connectivity index (χ0n) is 11.9. The van der Waals surface area contributed by atoms with Crippen molar-refractivity contribution < 1.29 is 19.7 Å². The number of benzene rings is 1. The van der Waals surface area contributed by atoms with Crippen LogP contribution < -0.4 is 4.74 Å². The number of piperazine rings is 1. The van der Waals surface area contributed by atoms with E-state index in [-0.39, 0.29) is 18.2 Å². The van der Waals surface area contributed by atoms with Gasteiger partial charge in [-0.3, -0.25) is 9.69 Å². The summed E-state index contributed by atoms with van der Waals surface area (Å²) in [5, 5.41) is 18.2. The Hall–Kier alpha value is -1.79. The van der Waals surface area contributed by atoms with Crippen molar-refractivity contribution in [2.75, 3.05) is 39.3 Å². The number of phenols is 1. The molecule has 1 unspecified atom stereocenters. The largest absolute Gasteiger partial charge is 0.508 e. The number of carbonyl (C=O) groups is 1. The van der Waals surface area contributed by atoms with Gasteiger partial charge in [0.15, 0.2) is 0 Å². The van der Waals surface area contributed by atoms with Gasteiger partial charge in [0.05, 0.1) is 12.5 Å². The number of aromatic hydroxyl groups is 1. The van der Waals surface area contributed by atoms with Crippen LogP contribution in [0.5, 0.6) is 11.5 Å². The lowest BCUT2D eigenvalue weighted by molar-refractivity contribution is -0.137. The van der Waals surface area contributed by atoms with Crippen molar-refractivity contribution in [1.29, 1.82) is 0 Å². The minimum absolute atomic E-state index is 0.203. The number of nitrogens with zero attached hydrogens (tertiary/aromatic N) is 2. The second kappa shape index (κ2) is 5.91. The number of phenolic OH excluding ortho intramolecular Hbond substituents is 1. The predicted molar refractivity (Wildman–Crippen MR) is 76.6 cm³/mol. The molecule has 6 nitrogen and oxygen atoms in total. The van der Waals surface area contributed by atoms with Crippen LogP contribution in [0.3, 0.4) is 0 Å². The maximum Gasteiger partial charge on any atom is 0.304 e. The average molecular weight is 292 g/mol. The molecule has 0 saturated carbocycles. The molecule has 0 amide bonds. The number of hydrogen-bond donors (Lipinski definition) is 2. The molecule has 0 aliphatic carbocycles. The van der Waals surface area contributed by atoms with Crippen LogP contribution in [0.4, 0.5) is 0 Å². The van der Waals surface area contributed by atoms with Gasteiger partial charge in [0.2, 0.25) is 0 Å². The van der Waals surface area contributed by atoms with Crippen molar-refractivity contribution in [3.63, 3.8) is 0 Å². The number of ether oxygens (including phenoxy) is 1. The molecule has 2 heterocycles. The van der Waals surface area contributed by atoms with E-state index in [4.69, 9.17) is 9.84 Å². The van der Waals surface area contributed by atoms with Gasteiger partial charge in [0.1, 0.15) is 18.1 Å². The third-order valence-corrected chi connectivity index (χ3v) is 4.24. The molecular formula is C15H20N2O4. The number of carboxylic acid groups (broad SMARTS) is 1. The van der Waals surface area contributed by atoms with Crippen LogP contribution in [-0.4, -0.2) is 65.3 Å². The molecule has 1 saturated heterocycles. The molecule has 2 N–H and O–H groups in total. The van der Waals surface area contributed by atoms with Crippen molar-refractivity contribution in [2.45, 2.75) is 12.5 Å². The fourth-order valence-electron chi connectivity index (χ4n) is 3.04. The van der Waals surface area contributed by atoms with Crippen molar-refractivity contribution in [1.82, 2.24) is 9.80 Å². The Morgan fingerprint density at radius 3 is 2.76 bits per heavy atom. The van der Waals surface area contributed by atoms with Crippen molar-refractivity contribution in [2.24, 2.45) is 0 Å². The molecule has 1 atom stereocenters. The first kappa shape index (κ1) is 14.2. The predicted octanol–water partition coefficient (Wildman–Crippen LogP) is 0.918. The minimum Gasteiger partial charge on any atom is -0.508 e. The van der Waals surface area contributed by atoms with Gasteiger partial charge in [-0.2, -0.15) is 0 Å². The van der Waals surface area contributed by atoms with Crippen LogP contribution >= 0.6 is 0 Å². The van der Waals surface area contributed by atoms with Gasteiger partial charge in [0, 0.05) is 44.4 Å². The van der Waals surface area contributed by atoms with E-state index in [1.807, 2.05) is 6.07 Å². The van der Waals surface area contributed by atoms with Crippen LogP contribution in [0.2, 0.25) is 0 Å². The highest BCUT2D eigenvalue weighted by Crippen LogP contribution is 2.38. The maximum absolute atomic E-state index is 10.6. The zero-order valence-corrected chi connectivity index (χ0v) is 11.9. The number of rotatable bonds is 4. The Morgan fingerprint density at radius 1 is 1.29 bits per heavy atom. The lowest BCUT2D eigenvalue weighted by Gasteiger charge is -2.37. The van der Waals surface area contributed by atoms with E-state index in [0.29, 0.717) is 13.2 Å². The summed E-state index contributed by atoms with van der Waals surface area (Å²) >= 11 is 0. The first-order chi connectivity index (χ1) is 10.1. The molecule has 0 spiro atoms. The summed E-state index contributed by atoms with van der Waals surface area (Å²) in [6.07, 6.45) is 0.203. The summed E-state index contributed by atoms with van der Waals surface area (Å²) in [5.41, 5.74) is 1.13. The molecule has 1 aromatic carbocycles. The smallest absolute Gasteiger partial charge is 0.304 e. The highest BCUT2D eigenvalue weighted by molar-refractivity contribution is 5.66. The highest BCUT2D eigenvalue weighted by atomic mass is 16.5. The van der Waals surface area contributed by atoms with E-state index in [0.717, 1.165) is 37.5 Å². The molecule has 6 heteroatoms. The van der Waals surface area contributed by atoms with E-state index < -0.39 is 5.97 Å². The van der Waals surface area contributed by atoms with E-state index >= 15 is 0 Å². The first-order valence-electron chi connectivity index (χ1n) is 7.27. The van der Waals surface area contributed by atoms with Gasteiger partial charge in [-0.25, -0.2) is 0 Å². The molecule has 21 heavy (non-hydrogen) atoms. The van der Waals surface area contributed by atoms with Crippen molar-refractivity contribution in [3.05, 3.63) is 23.8 Å². The van der Waals surface area contributed by atoms with Crippen molar-refractivity contribution in [3.8, 4) is 11.5 Å². The Bertz CT molecular complexity index is 526. The second-order valence-corrected chi connectivity index (χ2v) is 5.57. The summed E-state index contributed by atoms with van der Waals surface area (Å²) < 4.78 is 5.66. The molecule has 1 fully saturated rings. The monoisotopic (exact) mass is 292 g/mol. The third kappa shape index (κ3) is 3.11. The Labute approximate surface area is 123 Å². The summed E-state index contributed by atoms with van der Waals surface area (Å²) in [5.74, 6) is 0.261. The standard InChI is InChI=1S/C15H20N2O4/c18-11-1-2-12-13(10-21-14(12)9-11)17-7-5-16(6-8-17)4-3-15(19)20/h1-2,9,13,18H,3-8,10H2,(H,19,20). The first-order valence-corrected chi connectivity index (χ1v) is 7.27. The number of hydrogen-bond acceptors (Lipinski definition) is 5. The normalized spacial score (nSPS) is 22.8. The van der Waals surface area contributed by atoms with Gasteiger partial charge in [-0.15, -0.1) is 0 Å². The van der Waals surface area contributed by atoms with Crippen LogP contribution in [0.15, 0.2) is 18.2 Å². The average Bonchev–Trinajstić information content (AvgIpc) is 2.88. The molecule has 1 aromatic rings. The molecule has 0 aromatic heterocycles. The fourth-order valence-corrected chi connectivity index (χ4v) is 3.04. The Morgan fingerprint density at radius 2 is 2.05 bits per heavy atom. The van der Waals surface area contributed by atoms with E-state index in [9.17, 15) is 9.90 Å². The quantitative estimate of drug-likeness (QED) is 0.859. The van der Waals surface area contributed by atoms with Gasteiger partial charge in [-0.05, 0) is 12.1 Å². The van der Waals surface area contributed by atoms with Gasteiger partial charge >= 0.3 is 5.97 Å². The maximum atomic E-state index is 10.6. The minimum atomic E-state index is -0.740. The number of aliphatic carboxylic acids is 1. The Kier molecular flexibility index (Phi) is 3.98. The van der Waals surface area contributed by atoms with Crippen LogP contribution in [0.1, 0.15) is 18.0 Å². The van der Waals surface area contributed by atoms with E-state index in [1.165, 1.54) is 0 Å². The summed E-state index contributed by atoms with van der Waals surface area (Å²) in [4.78, 5) is 15.2. The lowest BCUT2D eigenvalue weighted by atomic mass is 10.1. The molecular weight excluding hydrogens is 272 g/mol. The number of fused-ring (bicyclic) bond motifs is 1. The molecule has 2 aliphatic heterocycles. The SMILES string of the molecule is O=C(O)CCN1CCN(C2COc3cc(O)ccc32)CC1. The molecule has 2 aliphatic rings. The molecule has 114 valence electrons. The van der Waals surface area contributed by atoms with E-state index in [2.05, 4.69) is 9.80 Å². The van der Waals surface area contributed by atoms with Crippen LogP contribution in [0, 0.1) is 0 Å². The van der Waals surface area contributed by atoms with E-state index in [1.54, 1.807) is 12.1 Å². The lowest BCUT2D eigenvalue weighted by Crippen LogP contribution is -2.48. The zero-order chi connectivity index (χ0) is 14.8. The van der Waals surface area contributed by atoms with Crippen molar-refractivity contribution >= 4 is 5.97 Å². The Balaban J connectivity index is 1.58. The summed E-state index contributed by atoms with van der Waals surface area (Å²) in [6.45, 7) is 4.83. The fraction of sp³-hybridized carbons (Fsp3) is 0.533. The molecule has 3 rings (SSSR count). The van der Waals surface area contributed by atoms with Gasteiger partial charge < -0.3 is 19.8 Å². The van der Waals surface area contributed by atoms with Gasteiger partial charge in [-0.1, -0.05) is 0 Å². The molecule has 0 bridgehead atoms. The topological polar surface area (TPSA) is 73.2 Å². The van der Waals surface area contributed by atoms with Crippen LogP contribution in [-0.2, 0) is 4.79 Å². The summed E-state index contributed by atoms with van der Waals surface area (Å²) in [6, 6.07) is 5.53. The van der Waals surface area contributed by atoms with Crippen LogP contribution in [0.25, 0.3) is 0 Å². The second-order valence-electron chi connectivity index (χ2n) is 5.57. The number of carboxylic acids is 1. The highest BCUT2D eigenvalue weighted by Gasteiger charge is 2.31. The molecule has 0 radical (unpaired) electrons.